The smallest absolute Gasteiger partial charge is 0.148 e. The number of hydrogen-bond acceptors (Lipinski definition) is 4. The molecule has 18 heavy (non-hydrogen) atoms. The van der Waals surface area contributed by atoms with Gasteiger partial charge < -0.3 is 5.32 Å². The Morgan fingerprint density at radius 3 is 2.61 bits per heavy atom. The third kappa shape index (κ3) is 3.68. The molecule has 1 unspecified atom stereocenters. The summed E-state index contributed by atoms with van der Waals surface area (Å²) in [5.41, 5.74) is 0.266. The van der Waals surface area contributed by atoms with Gasteiger partial charge in [0.2, 0.25) is 0 Å². The number of sulfone groups is 1. The van der Waals surface area contributed by atoms with Crippen LogP contribution in [-0.2, 0) is 9.84 Å². The predicted molar refractivity (Wildman–Crippen MR) is 74.6 cm³/mol. The molecule has 1 aliphatic carbocycles. The molecule has 5 heteroatoms. The zero-order valence-electron chi connectivity index (χ0n) is 11.6. The maximum absolute atomic E-state index is 11.3. The highest BCUT2D eigenvalue weighted by Crippen LogP contribution is 2.32. The fourth-order valence-electron chi connectivity index (χ4n) is 3.30. The molecule has 0 amide bonds. The molecule has 2 aliphatic rings. The maximum Gasteiger partial charge on any atom is 0.148 e. The van der Waals surface area contributed by atoms with Crippen LogP contribution in [0.4, 0.5) is 0 Å². The van der Waals surface area contributed by atoms with E-state index in [1.54, 1.807) is 0 Å². The van der Waals surface area contributed by atoms with Crippen molar-refractivity contribution in [3.63, 3.8) is 0 Å². The number of hydrogen-bond donors (Lipinski definition) is 1. The standard InChI is InChI=1S/C13H26N2O2S/c1-12-5-8-14-13(6-3-4-7-13)11-15(12)9-10-18(2,16)17/h12,14H,3-11H2,1-2H3. The molecular weight excluding hydrogens is 248 g/mol. The molecule has 1 spiro atoms. The Morgan fingerprint density at radius 2 is 2.00 bits per heavy atom. The van der Waals surface area contributed by atoms with Crippen LogP contribution in [-0.4, -0.2) is 56.5 Å². The highest BCUT2D eigenvalue weighted by atomic mass is 32.2. The number of rotatable bonds is 3. The van der Waals surface area contributed by atoms with Gasteiger partial charge in [-0.15, -0.1) is 0 Å². The SMILES string of the molecule is CC1CCNC2(CCCC2)CN1CCS(C)(=O)=O. The minimum atomic E-state index is -2.86. The average molecular weight is 274 g/mol. The van der Waals surface area contributed by atoms with Gasteiger partial charge in [0.05, 0.1) is 5.75 Å². The van der Waals surface area contributed by atoms with Crippen LogP contribution < -0.4 is 5.32 Å². The molecule has 0 radical (unpaired) electrons. The van der Waals surface area contributed by atoms with E-state index in [4.69, 9.17) is 0 Å². The van der Waals surface area contributed by atoms with Crippen molar-refractivity contribution in [3.8, 4) is 0 Å². The molecule has 1 saturated carbocycles. The van der Waals surface area contributed by atoms with Crippen molar-refractivity contribution in [2.45, 2.75) is 50.6 Å². The molecule has 2 rings (SSSR count). The highest BCUT2D eigenvalue weighted by Gasteiger charge is 2.37. The van der Waals surface area contributed by atoms with E-state index in [2.05, 4.69) is 17.1 Å². The Kier molecular flexibility index (Phi) is 4.34. The van der Waals surface area contributed by atoms with Gasteiger partial charge >= 0.3 is 0 Å². The van der Waals surface area contributed by atoms with E-state index < -0.39 is 9.84 Å². The summed E-state index contributed by atoms with van der Waals surface area (Å²) in [6.07, 6.45) is 7.55. The summed E-state index contributed by atoms with van der Waals surface area (Å²) >= 11 is 0. The number of nitrogens with zero attached hydrogens (tertiary/aromatic N) is 1. The summed E-state index contributed by atoms with van der Waals surface area (Å²) in [5, 5.41) is 3.72. The van der Waals surface area contributed by atoms with Crippen LogP contribution in [0.5, 0.6) is 0 Å². The van der Waals surface area contributed by atoms with E-state index in [1.807, 2.05) is 0 Å². The zero-order chi connectivity index (χ0) is 13.2. The summed E-state index contributed by atoms with van der Waals surface area (Å²) < 4.78 is 22.7. The van der Waals surface area contributed by atoms with Gasteiger partial charge in [-0.25, -0.2) is 8.42 Å². The summed E-state index contributed by atoms with van der Waals surface area (Å²) in [7, 11) is -2.86. The second-order valence-electron chi connectivity index (χ2n) is 6.15. The molecule has 1 atom stereocenters. The molecule has 0 aromatic rings. The summed E-state index contributed by atoms with van der Waals surface area (Å²) in [6.45, 7) is 4.99. The second-order valence-corrected chi connectivity index (χ2v) is 8.41. The highest BCUT2D eigenvalue weighted by molar-refractivity contribution is 7.90. The lowest BCUT2D eigenvalue weighted by Crippen LogP contribution is -2.51. The lowest BCUT2D eigenvalue weighted by molar-refractivity contribution is 0.177. The fraction of sp³-hybridized carbons (Fsp3) is 1.00. The van der Waals surface area contributed by atoms with Gasteiger partial charge in [-0.05, 0) is 32.7 Å². The molecule has 1 N–H and O–H groups in total. The molecule has 1 saturated heterocycles. The molecule has 0 bridgehead atoms. The van der Waals surface area contributed by atoms with Crippen molar-refractivity contribution in [1.29, 1.82) is 0 Å². The molecule has 0 aromatic heterocycles. The first-order valence-corrected chi connectivity index (χ1v) is 9.13. The van der Waals surface area contributed by atoms with Crippen molar-refractivity contribution in [2.24, 2.45) is 0 Å². The molecular formula is C13H26N2O2S. The lowest BCUT2D eigenvalue weighted by atomic mass is 9.97. The third-order valence-corrected chi connectivity index (χ3v) is 5.43. The summed E-state index contributed by atoms with van der Waals surface area (Å²) in [4.78, 5) is 2.38. The molecule has 1 aliphatic heterocycles. The fourth-order valence-corrected chi connectivity index (χ4v) is 3.86. The Labute approximate surface area is 111 Å². The minimum Gasteiger partial charge on any atom is -0.310 e. The van der Waals surface area contributed by atoms with Gasteiger partial charge in [0.1, 0.15) is 9.84 Å². The van der Waals surface area contributed by atoms with Gasteiger partial charge in [0, 0.05) is 30.9 Å². The minimum absolute atomic E-state index is 0.266. The Morgan fingerprint density at radius 1 is 1.33 bits per heavy atom. The van der Waals surface area contributed by atoms with Gasteiger partial charge in [-0.2, -0.15) is 0 Å². The molecule has 4 nitrogen and oxygen atoms in total. The first-order chi connectivity index (χ1) is 8.40. The topological polar surface area (TPSA) is 49.4 Å². The first kappa shape index (κ1) is 14.3. The molecule has 2 fully saturated rings. The molecule has 0 aromatic carbocycles. The van der Waals surface area contributed by atoms with Crippen LogP contribution in [0.3, 0.4) is 0 Å². The summed E-state index contributed by atoms with van der Waals surface area (Å²) in [5.74, 6) is 0.285. The van der Waals surface area contributed by atoms with E-state index in [1.165, 1.54) is 31.9 Å². The Bertz CT molecular complexity index is 374. The van der Waals surface area contributed by atoms with E-state index in [0.29, 0.717) is 12.6 Å². The molecule has 106 valence electrons. The monoisotopic (exact) mass is 274 g/mol. The normalized spacial score (nSPS) is 29.6. The van der Waals surface area contributed by atoms with Crippen molar-refractivity contribution >= 4 is 9.84 Å². The Balaban J connectivity index is 2.01. The van der Waals surface area contributed by atoms with Crippen molar-refractivity contribution in [2.75, 3.05) is 31.6 Å². The first-order valence-electron chi connectivity index (χ1n) is 7.07. The van der Waals surface area contributed by atoms with E-state index >= 15 is 0 Å². The third-order valence-electron chi connectivity index (χ3n) is 4.50. The summed E-state index contributed by atoms with van der Waals surface area (Å²) in [6, 6.07) is 0.485. The van der Waals surface area contributed by atoms with Gasteiger partial charge in [-0.1, -0.05) is 12.8 Å². The van der Waals surface area contributed by atoms with Crippen LogP contribution in [0.2, 0.25) is 0 Å². The van der Waals surface area contributed by atoms with Gasteiger partial charge in [0.25, 0.3) is 0 Å². The van der Waals surface area contributed by atoms with Gasteiger partial charge in [-0.3, -0.25) is 4.90 Å². The molecule has 1 heterocycles. The predicted octanol–water partition coefficient (Wildman–Crippen LogP) is 1.03. The van der Waals surface area contributed by atoms with E-state index in [0.717, 1.165) is 19.5 Å². The lowest BCUT2D eigenvalue weighted by Gasteiger charge is -2.35. The quantitative estimate of drug-likeness (QED) is 0.835. The largest absolute Gasteiger partial charge is 0.310 e. The van der Waals surface area contributed by atoms with Crippen molar-refractivity contribution in [1.82, 2.24) is 10.2 Å². The number of nitrogens with one attached hydrogen (secondary N) is 1. The van der Waals surface area contributed by atoms with Crippen LogP contribution in [0, 0.1) is 0 Å². The van der Waals surface area contributed by atoms with Gasteiger partial charge in [0.15, 0.2) is 0 Å². The van der Waals surface area contributed by atoms with Crippen molar-refractivity contribution in [3.05, 3.63) is 0 Å². The average Bonchev–Trinajstić information content (AvgIpc) is 2.65. The maximum atomic E-state index is 11.3. The van der Waals surface area contributed by atoms with Crippen LogP contribution >= 0.6 is 0 Å². The zero-order valence-corrected chi connectivity index (χ0v) is 12.4. The second kappa shape index (κ2) is 5.47. The van der Waals surface area contributed by atoms with Crippen molar-refractivity contribution < 1.29 is 8.42 Å². The Hall–Kier alpha value is -0.130. The van der Waals surface area contributed by atoms with Crippen LogP contribution in [0.15, 0.2) is 0 Å². The van der Waals surface area contributed by atoms with Crippen LogP contribution in [0.25, 0.3) is 0 Å². The van der Waals surface area contributed by atoms with E-state index in [9.17, 15) is 8.42 Å². The van der Waals surface area contributed by atoms with E-state index in [-0.39, 0.29) is 11.3 Å². The van der Waals surface area contributed by atoms with Crippen LogP contribution in [0.1, 0.15) is 39.0 Å².